The van der Waals surface area contributed by atoms with E-state index in [4.69, 9.17) is 16.3 Å². The summed E-state index contributed by atoms with van der Waals surface area (Å²) in [5.41, 5.74) is 2.99. The highest BCUT2D eigenvalue weighted by atomic mass is 35.5. The van der Waals surface area contributed by atoms with E-state index in [2.05, 4.69) is 15.7 Å². The van der Waals surface area contributed by atoms with Crippen LogP contribution in [0.5, 0.6) is 5.75 Å². The zero-order valence-corrected chi connectivity index (χ0v) is 17.9. The molecule has 2 heterocycles. The normalized spacial score (nSPS) is 19.7. The number of anilines is 2. The molecule has 160 valence electrons. The molecule has 0 radical (unpaired) electrons. The van der Waals surface area contributed by atoms with Crippen LogP contribution in [0, 0.1) is 13.8 Å². The third-order valence-corrected chi connectivity index (χ3v) is 5.51. The molecule has 1 fully saturated rings. The van der Waals surface area contributed by atoms with Crippen LogP contribution >= 0.6 is 11.6 Å². The number of nitrogens with zero attached hydrogens (tertiary/aromatic N) is 4. The number of fused-ring (bicyclic) bond motifs is 1. The third-order valence-electron chi connectivity index (χ3n) is 5.21. The van der Waals surface area contributed by atoms with Crippen LogP contribution in [-0.4, -0.2) is 48.5 Å². The van der Waals surface area contributed by atoms with Gasteiger partial charge in [0.25, 0.3) is 11.8 Å². The summed E-state index contributed by atoms with van der Waals surface area (Å²) in [6.45, 7) is 3.65. The highest BCUT2D eigenvalue weighted by molar-refractivity contribution is 6.33. The number of imide groups is 1. The van der Waals surface area contributed by atoms with Gasteiger partial charge in [-0.1, -0.05) is 34.5 Å². The third kappa shape index (κ3) is 3.72. The second kappa shape index (κ2) is 7.99. The molecule has 1 saturated heterocycles. The molecule has 2 aromatic carbocycles. The number of nitrogens with one attached hydrogen (secondary N) is 1. The second-order valence-electron chi connectivity index (χ2n) is 7.39. The van der Waals surface area contributed by atoms with Crippen molar-refractivity contribution in [2.75, 3.05) is 23.9 Å². The number of methoxy groups -OCH3 is 1. The van der Waals surface area contributed by atoms with Crippen molar-refractivity contribution < 1.29 is 19.1 Å². The van der Waals surface area contributed by atoms with Crippen LogP contribution in [0.2, 0.25) is 5.02 Å². The van der Waals surface area contributed by atoms with E-state index in [0.29, 0.717) is 17.1 Å². The maximum absolute atomic E-state index is 13.0. The Balaban J connectivity index is 1.50. The zero-order chi connectivity index (χ0) is 22.3. The SMILES string of the molecule is COc1ccc(N2C(=O)C3N=NN(CC(=O)Nc4ccc(C)cc4C)C3C2=O)cc1Cl. The first-order valence-corrected chi connectivity index (χ1v) is 9.94. The van der Waals surface area contributed by atoms with Gasteiger partial charge in [-0.05, 0) is 43.7 Å². The Kier molecular flexibility index (Phi) is 5.36. The van der Waals surface area contributed by atoms with E-state index in [9.17, 15) is 14.4 Å². The maximum Gasteiger partial charge on any atom is 0.263 e. The highest BCUT2D eigenvalue weighted by Gasteiger charge is 2.55. The van der Waals surface area contributed by atoms with Crippen LogP contribution in [0.15, 0.2) is 46.7 Å². The number of hydrogen-bond acceptors (Lipinski definition) is 7. The molecular formula is C21H20ClN5O4. The Morgan fingerprint density at radius 2 is 1.94 bits per heavy atom. The fourth-order valence-corrected chi connectivity index (χ4v) is 3.95. The second-order valence-corrected chi connectivity index (χ2v) is 7.80. The van der Waals surface area contributed by atoms with Crippen molar-refractivity contribution in [3.8, 4) is 5.75 Å². The molecule has 2 aliphatic heterocycles. The lowest BCUT2D eigenvalue weighted by molar-refractivity contribution is -0.123. The van der Waals surface area contributed by atoms with Crippen molar-refractivity contribution in [1.29, 1.82) is 0 Å². The van der Waals surface area contributed by atoms with Gasteiger partial charge in [0, 0.05) is 5.69 Å². The summed E-state index contributed by atoms with van der Waals surface area (Å²) < 4.78 is 5.11. The Bertz CT molecular complexity index is 1120. The van der Waals surface area contributed by atoms with Crippen molar-refractivity contribution in [3.63, 3.8) is 0 Å². The minimum atomic E-state index is -0.998. The highest BCUT2D eigenvalue weighted by Crippen LogP contribution is 2.35. The Labute approximate surface area is 183 Å². The van der Waals surface area contributed by atoms with Crippen LogP contribution in [0.25, 0.3) is 0 Å². The Morgan fingerprint density at radius 1 is 1.16 bits per heavy atom. The van der Waals surface area contributed by atoms with Gasteiger partial charge in [0.05, 0.1) is 17.8 Å². The summed E-state index contributed by atoms with van der Waals surface area (Å²) in [5.74, 6) is -0.968. The van der Waals surface area contributed by atoms with Gasteiger partial charge in [-0.3, -0.25) is 19.4 Å². The van der Waals surface area contributed by atoms with Crippen molar-refractivity contribution >= 4 is 40.7 Å². The van der Waals surface area contributed by atoms with Gasteiger partial charge in [-0.25, -0.2) is 4.90 Å². The lowest BCUT2D eigenvalue weighted by Gasteiger charge is -2.20. The molecule has 1 N–H and O–H groups in total. The molecule has 2 aromatic rings. The minimum Gasteiger partial charge on any atom is -0.495 e. The minimum absolute atomic E-state index is 0.214. The van der Waals surface area contributed by atoms with E-state index in [1.165, 1.54) is 18.2 Å². The molecule has 0 aromatic heterocycles. The molecule has 31 heavy (non-hydrogen) atoms. The largest absolute Gasteiger partial charge is 0.495 e. The van der Waals surface area contributed by atoms with Crippen LogP contribution in [0.4, 0.5) is 11.4 Å². The van der Waals surface area contributed by atoms with E-state index in [1.807, 2.05) is 32.0 Å². The van der Waals surface area contributed by atoms with Gasteiger partial charge in [-0.15, -0.1) is 0 Å². The summed E-state index contributed by atoms with van der Waals surface area (Å²) in [7, 11) is 1.47. The molecule has 2 aliphatic rings. The fourth-order valence-electron chi connectivity index (χ4n) is 3.69. The molecule has 0 spiro atoms. The number of ether oxygens (including phenoxy) is 1. The number of rotatable bonds is 5. The van der Waals surface area contributed by atoms with Gasteiger partial charge in [0.15, 0.2) is 12.1 Å². The smallest absolute Gasteiger partial charge is 0.263 e. The van der Waals surface area contributed by atoms with Gasteiger partial charge >= 0.3 is 0 Å². The van der Waals surface area contributed by atoms with E-state index in [1.54, 1.807) is 12.1 Å². The van der Waals surface area contributed by atoms with Crippen LogP contribution in [0.1, 0.15) is 11.1 Å². The summed E-state index contributed by atoms with van der Waals surface area (Å²) in [6.07, 6.45) is 0. The molecular weight excluding hydrogens is 422 g/mol. The maximum atomic E-state index is 13.0. The van der Waals surface area contributed by atoms with Crippen LogP contribution < -0.4 is 15.0 Å². The molecule has 9 nitrogen and oxygen atoms in total. The lowest BCUT2D eigenvalue weighted by Crippen LogP contribution is -2.43. The number of carbonyl (C=O) groups is 3. The first-order valence-electron chi connectivity index (χ1n) is 9.56. The predicted molar refractivity (Wildman–Crippen MR) is 114 cm³/mol. The number of hydrogen-bond donors (Lipinski definition) is 1. The molecule has 3 amide bonds. The number of benzene rings is 2. The van der Waals surface area contributed by atoms with Gasteiger partial charge in [0.1, 0.15) is 12.3 Å². The molecule has 0 aliphatic carbocycles. The molecule has 4 rings (SSSR count). The first-order chi connectivity index (χ1) is 14.8. The Morgan fingerprint density at radius 3 is 2.61 bits per heavy atom. The molecule has 2 atom stereocenters. The summed E-state index contributed by atoms with van der Waals surface area (Å²) in [6, 6.07) is 8.31. The monoisotopic (exact) mass is 441 g/mol. The lowest BCUT2D eigenvalue weighted by atomic mass is 10.1. The summed E-state index contributed by atoms with van der Waals surface area (Å²) >= 11 is 6.14. The van der Waals surface area contributed by atoms with E-state index in [-0.39, 0.29) is 17.5 Å². The molecule has 0 bridgehead atoms. The predicted octanol–water partition coefficient (Wildman–Crippen LogP) is 2.90. The van der Waals surface area contributed by atoms with Gasteiger partial charge < -0.3 is 10.1 Å². The number of aryl methyl sites for hydroxylation is 2. The zero-order valence-electron chi connectivity index (χ0n) is 17.1. The number of carbonyl (C=O) groups excluding carboxylic acids is 3. The average Bonchev–Trinajstić information content (AvgIpc) is 3.24. The van der Waals surface area contributed by atoms with Gasteiger partial charge in [0.2, 0.25) is 5.91 Å². The first kappa shape index (κ1) is 20.8. The van der Waals surface area contributed by atoms with Crippen LogP contribution in [0.3, 0.4) is 0 Å². The Hall–Kier alpha value is -3.46. The standard InChI is InChI=1S/C21H20ClN5O4/c1-11-4-6-15(12(2)8-11)23-17(28)10-26-19-18(24-25-26)20(29)27(21(19)30)13-5-7-16(31-3)14(22)9-13/h4-9,18-19H,10H2,1-3H3,(H,23,28). The molecule has 2 unspecified atom stereocenters. The topological polar surface area (TPSA) is 104 Å². The van der Waals surface area contributed by atoms with E-state index >= 15 is 0 Å². The van der Waals surface area contributed by atoms with E-state index in [0.717, 1.165) is 16.0 Å². The fraction of sp³-hybridized carbons (Fsp3) is 0.286. The van der Waals surface area contributed by atoms with E-state index < -0.39 is 23.9 Å². The number of amides is 3. The van der Waals surface area contributed by atoms with Gasteiger partial charge in [-0.2, -0.15) is 5.11 Å². The average molecular weight is 442 g/mol. The summed E-state index contributed by atoms with van der Waals surface area (Å²) in [5, 5.41) is 12.2. The van der Waals surface area contributed by atoms with Crippen molar-refractivity contribution in [1.82, 2.24) is 5.01 Å². The quantitative estimate of drug-likeness (QED) is 0.718. The van der Waals surface area contributed by atoms with Crippen molar-refractivity contribution in [2.24, 2.45) is 10.3 Å². The number of halogens is 1. The van der Waals surface area contributed by atoms with Crippen molar-refractivity contribution in [2.45, 2.75) is 25.9 Å². The molecule has 10 heteroatoms. The molecule has 0 saturated carbocycles. The van der Waals surface area contributed by atoms with Crippen LogP contribution in [-0.2, 0) is 14.4 Å². The summed E-state index contributed by atoms with van der Waals surface area (Å²) in [4.78, 5) is 39.4. The van der Waals surface area contributed by atoms with Crippen molar-refractivity contribution in [3.05, 3.63) is 52.5 Å².